The summed E-state index contributed by atoms with van der Waals surface area (Å²) in [6.07, 6.45) is 14.0. The molecule has 9 atom stereocenters. The number of hydrogen-bond donors (Lipinski definition) is 1. The van der Waals surface area contributed by atoms with E-state index >= 15 is 0 Å². The molecule has 0 bridgehead atoms. The molecular weight excluding hydrogens is 396 g/mol. The van der Waals surface area contributed by atoms with Gasteiger partial charge in [-0.25, -0.2) is 0 Å². The highest BCUT2D eigenvalue weighted by Gasteiger charge is 2.61. The molecule has 3 heteroatoms. The van der Waals surface area contributed by atoms with E-state index in [0.717, 1.165) is 37.0 Å². The molecule has 3 nitrogen and oxygen atoms in total. The van der Waals surface area contributed by atoms with Crippen molar-refractivity contribution >= 4 is 5.97 Å². The van der Waals surface area contributed by atoms with E-state index in [4.69, 9.17) is 4.74 Å². The van der Waals surface area contributed by atoms with Crippen LogP contribution in [0.1, 0.15) is 106 Å². The maximum atomic E-state index is 11.5. The zero-order valence-electron chi connectivity index (χ0n) is 21.5. The maximum Gasteiger partial charge on any atom is 0.302 e. The molecule has 3 saturated carbocycles. The van der Waals surface area contributed by atoms with Crippen molar-refractivity contribution < 1.29 is 14.6 Å². The fourth-order valence-corrected chi connectivity index (χ4v) is 8.98. The lowest BCUT2D eigenvalue weighted by Crippen LogP contribution is -2.55. The lowest BCUT2D eigenvalue weighted by Gasteiger charge is -2.59. The minimum atomic E-state index is -0.334. The van der Waals surface area contributed by atoms with Gasteiger partial charge in [-0.15, -0.1) is 0 Å². The summed E-state index contributed by atoms with van der Waals surface area (Å²) >= 11 is 0. The van der Waals surface area contributed by atoms with Crippen molar-refractivity contribution in [1.82, 2.24) is 0 Å². The molecule has 6 unspecified atom stereocenters. The molecule has 32 heavy (non-hydrogen) atoms. The van der Waals surface area contributed by atoms with Gasteiger partial charge in [0.05, 0.1) is 6.10 Å². The van der Waals surface area contributed by atoms with Gasteiger partial charge in [0.2, 0.25) is 0 Å². The number of fused-ring (bicyclic) bond motifs is 5. The average Bonchev–Trinajstić information content (AvgIpc) is 3.05. The predicted molar refractivity (Wildman–Crippen MR) is 130 cm³/mol. The number of carbonyl (C=O) groups is 1. The van der Waals surface area contributed by atoms with E-state index in [2.05, 4.69) is 40.7 Å². The molecule has 0 amide bonds. The number of aliphatic hydroxyl groups is 1. The lowest BCUT2D eigenvalue weighted by molar-refractivity contribution is -0.149. The van der Waals surface area contributed by atoms with Crippen LogP contribution in [-0.4, -0.2) is 23.3 Å². The summed E-state index contributed by atoms with van der Waals surface area (Å²) in [6, 6.07) is 0. The SMILES string of the molecule is CC(=O)O[C@H]1CC[C@@]2(C)C(=CC(O)C3C4CCC([C@@H](C)CCCC(C)C)C4(C)CCC32)C1. The van der Waals surface area contributed by atoms with E-state index in [0.29, 0.717) is 23.2 Å². The van der Waals surface area contributed by atoms with Crippen LogP contribution in [0, 0.1) is 46.3 Å². The molecule has 0 heterocycles. The summed E-state index contributed by atoms with van der Waals surface area (Å²) in [4.78, 5) is 11.5. The van der Waals surface area contributed by atoms with Crippen LogP contribution in [-0.2, 0) is 9.53 Å². The Morgan fingerprint density at radius 3 is 2.53 bits per heavy atom. The summed E-state index contributed by atoms with van der Waals surface area (Å²) in [7, 11) is 0. The van der Waals surface area contributed by atoms with Crippen LogP contribution in [0.25, 0.3) is 0 Å². The average molecular weight is 445 g/mol. The topological polar surface area (TPSA) is 46.5 Å². The first-order valence-electron chi connectivity index (χ1n) is 13.6. The molecule has 0 spiro atoms. The molecule has 0 aliphatic heterocycles. The van der Waals surface area contributed by atoms with Crippen molar-refractivity contribution in [3.8, 4) is 0 Å². The van der Waals surface area contributed by atoms with Gasteiger partial charge in [-0.3, -0.25) is 4.79 Å². The van der Waals surface area contributed by atoms with E-state index in [1.807, 2.05) is 0 Å². The van der Waals surface area contributed by atoms with E-state index < -0.39 is 0 Å². The molecule has 0 saturated heterocycles. The molecule has 182 valence electrons. The Hall–Kier alpha value is -0.830. The fraction of sp³-hybridized carbons (Fsp3) is 0.897. The molecule has 0 aromatic heterocycles. The quantitative estimate of drug-likeness (QED) is 0.357. The van der Waals surface area contributed by atoms with Crippen LogP contribution in [0.5, 0.6) is 0 Å². The fourth-order valence-electron chi connectivity index (χ4n) is 8.98. The first-order valence-corrected chi connectivity index (χ1v) is 13.6. The number of hydrogen-bond acceptors (Lipinski definition) is 3. The third-order valence-electron chi connectivity index (χ3n) is 10.6. The molecule has 0 radical (unpaired) electrons. The van der Waals surface area contributed by atoms with Crippen LogP contribution in [0.3, 0.4) is 0 Å². The number of carbonyl (C=O) groups excluding carboxylic acids is 1. The Bertz CT molecular complexity index is 726. The van der Waals surface area contributed by atoms with Crippen LogP contribution in [0.2, 0.25) is 0 Å². The molecule has 4 aliphatic carbocycles. The molecule has 4 aliphatic rings. The number of rotatable bonds is 6. The third-order valence-corrected chi connectivity index (χ3v) is 10.6. The maximum absolute atomic E-state index is 11.5. The van der Waals surface area contributed by atoms with Gasteiger partial charge in [0, 0.05) is 13.3 Å². The first-order chi connectivity index (χ1) is 15.1. The second kappa shape index (κ2) is 9.08. The number of ether oxygens (including phenoxy) is 1. The highest BCUT2D eigenvalue weighted by molar-refractivity contribution is 5.66. The van der Waals surface area contributed by atoms with Gasteiger partial charge >= 0.3 is 5.97 Å². The third kappa shape index (κ3) is 4.21. The van der Waals surface area contributed by atoms with Gasteiger partial charge in [-0.1, -0.05) is 65.5 Å². The molecule has 0 aromatic rings. The highest BCUT2D eigenvalue weighted by Crippen LogP contribution is 2.67. The van der Waals surface area contributed by atoms with Gasteiger partial charge < -0.3 is 9.84 Å². The smallest absolute Gasteiger partial charge is 0.302 e. The zero-order valence-corrected chi connectivity index (χ0v) is 21.5. The van der Waals surface area contributed by atoms with Gasteiger partial charge in [-0.05, 0) is 84.9 Å². The van der Waals surface area contributed by atoms with E-state index in [-0.39, 0.29) is 23.6 Å². The molecule has 4 rings (SSSR count). The Kier molecular flexibility index (Phi) is 6.90. The first kappa shape index (κ1) is 24.3. The zero-order chi connectivity index (χ0) is 23.3. The lowest BCUT2D eigenvalue weighted by atomic mass is 9.46. The minimum Gasteiger partial charge on any atom is -0.462 e. The van der Waals surface area contributed by atoms with Crippen LogP contribution < -0.4 is 0 Å². The summed E-state index contributed by atoms with van der Waals surface area (Å²) in [5.41, 5.74) is 1.92. The number of aliphatic hydroxyl groups excluding tert-OH is 1. The normalized spacial score (nSPS) is 44.3. The van der Waals surface area contributed by atoms with E-state index in [1.54, 1.807) is 0 Å². The van der Waals surface area contributed by atoms with Crippen LogP contribution >= 0.6 is 0 Å². The predicted octanol–water partition coefficient (Wildman–Crippen LogP) is 6.93. The monoisotopic (exact) mass is 444 g/mol. The van der Waals surface area contributed by atoms with Gasteiger partial charge in [0.25, 0.3) is 0 Å². The largest absolute Gasteiger partial charge is 0.462 e. The standard InChI is InChI=1S/C29H48O3/c1-18(2)8-7-9-19(3)23-10-11-24-27-25(13-15-29(23,24)6)28(5)14-12-22(32-20(4)30)16-21(28)17-26(27)31/h17-19,22-27,31H,7-16H2,1-6H3/t19-,22-,23?,24?,25?,26?,27?,28-,29?/m0/s1. The highest BCUT2D eigenvalue weighted by atomic mass is 16.5. The molecule has 1 N–H and O–H groups in total. The molecule has 3 fully saturated rings. The molecule has 0 aromatic carbocycles. The Morgan fingerprint density at radius 2 is 1.84 bits per heavy atom. The second-order valence-corrected chi connectivity index (χ2v) is 12.9. The van der Waals surface area contributed by atoms with Crippen LogP contribution in [0.15, 0.2) is 11.6 Å². The van der Waals surface area contributed by atoms with Crippen molar-refractivity contribution in [3.05, 3.63) is 11.6 Å². The van der Waals surface area contributed by atoms with Crippen molar-refractivity contribution in [1.29, 1.82) is 0 Å². The minimum absolute atomic E-state index is 0.00742. The van der Waals surface area contributed by atoms with E-state index in [1.165, 1.54) is 57.4 Å². The Balaban J connectivity index is 1.51. The molecular formula is C29H48O3. The van der Waals surface area contributed by atoms with Crippen LogP contribution in [0.4, 0.5) is 0 Å². The van der Waals surface area contributed by atoms with Gasteiger partial charge in [0.1, 0.15) is 6.10 Å². The van der Waals surface area contributed by atoms with Crippen molar-refractivity contribution in [2.45, 2.75) is 118 Å². The Labute approximate surface area is 196 Å². The second-order valence-electron chi connectivity index (χ2n) is 12.9. The summed E-state index contributed by atoms with van der Waals surface area (Å²) in [5.74, 6) is 3.85. The number of esters is 1. The van der Waals surface area contributed by atoms with Crippen molar-refractivity contribution in [3.63, 3.8) is 0 Å². The Morgan fingerprint density at radius 1 is 1.09 bits per heavy atom. The van der Waals surface area contributed by atoms with Gasteiger partial charge in [0.15, 0.2) is 0 Å². The summed E-state index contributed by atoms with van der Waals surface area (Å²) in [5, 5.41) is 11.4. The van der Waals surface area contributed by atoms with Crippen molar-refractivity contribution in [2.24, 2.45) is 46.3 Å². The van der Waals surface area contributed by atoms with Gasteiger partial charge in [-0.2, -0.15) is 0 Å². The van der Waals surface area contributed by atoms with E-state index in [9.17, 15) is 9.90 Å². The van der Waals surface area contributed by atoms with Crippen molar-refractivity contribution in [2.75, 3.05) is 0 Å². The summed E-state index contributed by atoms with van der Waals surface area (Å²) < 4.78 is 5.57. The summed E-state index contributed by atoms with van der Waals surface area (Å²) in [6.45, 7) is 13.7.